The molecule has 4 aromatic rings. The van der Waals surface area contributed by atoms with Crippen LogP contribution < -0.4 is 5.32 Å². The SMILES string of the molecule is O=C(Cn1ccnc1)Nc1cc2cc(-c3cccnc3)ccc2cn1. The van der Waals surface area contributed by atoms with Crippen LogP contribution in [0.15, 0.2) is 73.7 Å². The highest BCUT2D eigenvalue weighted by molar-refractivity contribution is 5.93. The molecule has 0 unspecified atom stereocenters. The van der Waals surface area contributed by atoms with Crippen LogP contribution in [0, 0.1) is 0 Å². The lowest BCUT2D eigenvalue weighted by Gasteiger charge is -2.08. The number of hydrogen-bond donors (Lipinski definition) is 1. The van der Waals surface area contributed by atoms with E-state index in [-0.39, 0.29) is 12.5 Å². The zero-order valence-corrected chi connectivity index (χ0v) is 13.3. The van der Waals surface area contributed by atoms with Crippen molar-refractivity contribution in [2.24, 2.45) is 0 Å². The van der Waals surface area contributed by atoms with E-state index < -0.39 is 0 Å². The Bertz CT molecular complexity index is 1010. The monoisotopic (exact) mass is 329 g/mol. The van der Waals surface area contributed by atoms with Gasteiger partial charge in [-0.15, -0.1) is 0 Å². The van der Waals surface area contributed by atoms with Gasteiger partial charge in [-0.05, 0) is 29.1 Å². The van der Waals surface area contributed by atoms with Gasteiger partial charge in [0.05, 0.1) is 6.33 Å². The van der Waals surface area contributed by atoms with Crippen molar-refractivity contribution in [2.45, 2.75) is 6.54 Å². The smallest absolute Gasteiger partial charge is 0.245 e. The van der Waals surface area contributed by atoms with Crippen molar-refractivity contribution in [1.29, 1.82) is 0 Å². The summed E-state index contributed by atoms with van der Waals surface area (Å²) in [6.45, 7) is 0.204. The summed E-state index contributed by atoms with van der Waals surface area (Å²) in [6.07, 6.45) is 10.3. The van der Waals surface area contributed by atoms with Crippen molar-refractivity contribution in [3.63, 3.8) is 0 Å². The number of benzene rings is 1. The number of rotatable bonds is 4. The fourth-order valence-electron chi connectivity index (χ4n) is 2.65. The van der Waals surface area contributed by atoms with Crippen LogP contribution in [0.1, 0.15) is 0 Å². The minimum atomic E-state index is -0.145. The number of anilines is 1. The predicted octanol–water partition coefficient (Wildman–Crippen LogP) is 3.13. The minimum absolute atomic E-state index is 0.145. The molecule has 4 rings (SSSR count). The number of nitrogens with one attached hydrogen (secondary N) is 1. The van der Waals surface area contributed by atoms with E-state index in [0.29, 0.717) is 5.82 Å². The molecule has 0 aliphatic carbocycles. The van der Waals surface area contributed by atoms with E-state index in [1.165, 1.54) is 0 Å². The van der Waals surface area contributed by atoms with Gasteiger partial charge in [0.1, 0.15) is 12.4 Å². The molecule has 122 valence electrons. The van der Waals surface area contributed by atoms with Crippen LogP contribution in [0.5, 0.6) is 0 Å². The molecule has 6 nitrogen and oxygen atoms in total. The van der Waals surface area contributed by atoms with Crippen LogP contribution in [0.4, 0.5) is 5.82 Å². The van der Waals surface area contributed by atoms with Gasteiger partial charge in [0.2, 0.25) is 5.91 Å². The second-order valence-corrected chi connectivity index (χ2v) is 5.66. The Hall–Kier alpha value is -3.54. The summed E-state index contributed by atoms with van der Waals surface area (Å²) in [7, 11) is 0. The molecule has 3 heterocycles. The Morgan fingerprint density at radius 1 is 1.00 bits per heavy atom. The number of carbonyl (C=O) groups is 1. The van der Waals surface area contributed by atoms with Gasteiger partial charge in [0.25, 0.3) is 0 Å². The number of hydrogen-bond acceptors (Lipinski definition) is 4. The third-order valence-corrected chi connectivity index (χ3v) is 3.87. The van der Waals surface area contributed by atoms with E-state index in [0.717, 1.165) is 21.9 Å². The Morgan fingerprint density at radius 3 is 2.76 bits per heavy atom. The minimum Gasteiger partial charge on any atom is -0.328 e. The number of pyridine rings is 2. The fraction of sp³-hybridized carbons (Fsp3) is 0.0526. The van der Waals surface area contributed by atoms with Crippen LogP contribution in [0.2, 0.25) is 0 Å². The third-order valence-electron chi connectivity index (χ3n) is 3.87. The molecular weight excluding hydrogens is 314 g/mol. The predicted molar refractivity (Wildman–Crippen MR) is 95.8 cm³/mol. The van der Waals surface area contributed by atoms with Crippen molar-refractivity contribution in [3.8, 4) is 11.1 Å². The number of carbonyl (C=O) groups excluding carboxylic acids is 1. The van der Waals surface area contributed by atoms with Crippen LogP contribution in [-0.4, -0.2) is 25.4 Å². The standard InChI is InChI=1S/C19H15N5O/c25-19(12-24-7-6-21-13-24)23-18-9-17-8-14(3-4-16(17)11-22-18)15-2-1-5-20-10-15/h1-11,13H,12H2,(H,22,23,25). The summed E-state index contributed by atoms with van der Waals surface area (Å²) in [4.78, 5) is 24.5. The van der Waals surface area contributed by atoms with Gasteiger partial charge < -0.3 is 9.88 Å². The maximum Gasteiger partial charge on any atom is 0.245 e. The second-order valence-electron chi connectivity index (χ2n) is 5.66. The van der Waals surface area contributed by atoms with Gasteiger partial charge in [-0.2, -0.15) is 0 Å². The molecule has 25 heavy (non-hydrogen) atoms. The molecule has 0 spiro atoms. The normalized spacial score (nSPS) is 10.7. The molecule has 0 fully saturated rings. The summed E-state index contributed by atoms with van der Waals surface area (Å²) in [5, 5.41) is 4.84. The Labute approximate surface area is 144 Å². The van der Waals surface area contributed by atoms with Crippen molar-refractivity contribution >= 4 is 22.5 Å². The molecule has 0 atom stereocenters. The molecule has 1 amide bonds. The largest absolute Gasteiger partial charge is 0.328 e. The fourth-order valence-corrected chi connectivity index (χ4v) is 2.65. The molecule has 0 radical (unpaired) electrons. The summed E-state index contributed by atoms with van der Waals surface area (Å²) in [6, 6.07) is 11.9. The van der Waals surface area contributed by atoms with Gasteiger partial charge in [0.15, 0.2) is 0 Å². The first-order valence-electron chi connectivity index (χ1n) is 7.84. The number of fused-ring (bicyclic) bond motifs is 1. The van der Waals surface area contributed by atoms with Gasteiger partial charge in [0, 0.05) is 41.9 Å². The van der Waals surface area contributed by atoms with Crippen LogP contribution in [0.3, 0.4) is 0 Å². The van der Waals surface area contributed by atoms with E-state index in [2.05, 4.69) is 26.3 Å². The van der Waals surface area contributed by atoms with E-state index >= 15 is 0 Å². The molecular formula is C19H15N5O. The number of amides is 1. The number of nitrogens with zero attached hydrogens (tertiary/aromatic N) is 4. The molecule has 3 aromatic heterocycles. The second kappa shape index (κ2) is 6.52. The molecule has 6 heteroatoms. The first-order valence-corrected chi connectivity index (χ1v) is 7.84. The molecule has 0 aliphatic rings. The number of aromatic nitrogens is 4. The van der Waals surface area contributed by atoms with Crippen LogP contribution >= 0.6 is 0 Å². The highest BCUT2D eigenvalue weighted by Gasteiger charge is 2.06. The highest BCUT2D eigenvalue weighted by Crippen LogP contribution is 2.24. The lowest BCUT2D eigenvalue weighted by atomic mass is 10.0. The lowest BCUT2D eigenvalue weighted by molar-refractivity contribution is -0.116. The molecule has 0 bridgehead atoms. The van der Waals surface area contributed by atoms with E-state index in [9.17, 15) is 4.79 Å². The average Bonchev–Trinajstić information content (AvgIpc) is 3.14. The average molecular weight is 329 g/mol. The maximum atomic E-state index is 12.1. The number of imidazole rings is 1. The summed E-state index contributed by atoms with van der Waals surface area (Å²) < 4.78 is 1.71. The Morgan fingerprint density at radius 2 is 1.96 bits per heavy atom. The quantitative estimate of drug-likeness (QED) is 0.624. The van der Waals surface area contributed by atoms with Crippen molar-refractivity contribution in [3.05, 3.63) is 73.7 Å². The zero-order valence-electron chi connectivity index (χ0n) is 13.3. The summed E-state index contributed by atoms with van der Waals surface area (Å²) in [5.74, 6) is 0.384. The molecule has 0 saturated heterocycles. The van der Waals surface area contributed by atoms with Gasteiger partial charge in [-0.25, -0.2) is 9.97 Å². The van der Waals surface area contributed by atoms with E-state index in [1.807, 2.05) is 36.5 Å². The van der Waals surface area contributed by atoms with Gasteiger partial charge in [-0.3, -0.25) is 9.78 Å². The first kappa shape index (κ1) is 15.0. The van der Waals surface area contributed by atoms with Crippen molar-refractivity contribution in [1.82, 2.24) is 19.5 Å². The molecule has 1 N–H and O–H groups in total. The highest BCUT2D eigenvalue weighted by atomic mass is 16.2. The van der Waals surface area contributed by atoms with E-state index in [4.69, 9.17) is 0 Å². The van der Waals surface area contributed by atoms with Crippen LogP contribution in [-0.2, 0) is 11.3 Å². The molecule has 0 aliphatic heterocycles. The Balaban J connectivity index is 1.59. The topological polar surface area (TPSA) is 72.7 Å². The lowest BCUT2D eigenvalue weighted by Crippen LogP contribution is -2.18. The molecule has 1 aromatic carbocycles. The van der Waals surface area contributed by atoms with Gasteiger partial charge in [-0.1, -0.05) is 18.2 Å². The van der Waals surface area contributed by atoms with Crippen LogP contribution in [0.25, 0.3) is 21.9 Å². The Kier molecular flexibility index (Phi) is 3.92. The zero-order chi connectivity index (χ0) is 17.1. The van der Waals surface area contributed by atoms with Crippen molar-refractivity contribution < 1.29 is 4.79 Å². The van der Waals surface area contributed by atoms with Crippen molar-refractivity contribution in [2.75, 3.05) is 5.32 Å². The molecule has 0 saturated carbocycles. The maximum absolute atomic E-state index is 12.1. The summed E-state index contributed by atoms with van der Waals surface area (Å²) >= 11 is 0. The van der Waals surface area contributed by atoms with E-state index in [1.54, 1.807) is 35.7 Å². The van der Waals surface area contributed by atoms with Gasteiger partial charge >= 0.3 is 0 Å². The first-order chi connectivity index (χ1) is 12.3. The third kappa shape index (κ3) is 3.37. The summed E-state index contributed by atoms with van der Waals surface area (Å²) in [5.41, 5.74) is 2.12.